The monoisotopic (exact) mass is 431 g/mol. The van der Waals surface area contributed by atoms with E-state index in [4.69, 9.17) is 33.3 Å². The maximum Gasteiger partial charge on any atom is 0.255 e. The summed E-state index contributed by atoms with van der Waals surface area (Å²) in [6, 6.07) is 10.3. The molecule has 2 aromatic rings. The van der Waals surface area contributed by atoms with Crippen LogP contribution in [0, 0.1) is 6.92 Å². The highest BCUT2D eigenvalue weighted by Crippen LogP contribution is 2.36. The van der Waals surface area contributed by atoms with Crippen molar-refractivity contribution in [2.24, 2.45) is 0 Å². The minimum Gasteiger partial charge on any atom is -0.497 e. The number of nitrogens with one attached hydrogen (secondary N) is 3. The summed E-state index contributed by atoms with van der Waals surface area (Å²) >= 11 is 11.4. The number of ether oxygens (including phenoxy) is 2. The van der Waals surface area contributed by atoms with Crippen LogP contribution in [-0.4, -0.2) is 25.2 Å². The number of benzene rings is 2. The fourth-order valence-corrected chi connectivity index (χ4v) is 3.65. The number of hydrogen-bond donors (Lipinski definition) is 3. The number of rotatable bonds is 5. The summed E-state index contributed by atoms with van der Waals surface area (Å²) in [4.78, 5) is 13.3. The van der Waals surface area contributed by atoms with Crippen LogP contribution in [0.15, 0.2) is 47.7 Å². The molecule has 0 aliphatic carbocycles. The summed E-state index contributed by atoms with van der Waals surface area (Å²) in [5.41, 5.74) is 3.43. The van der Waals surface area contributed by atoms with E-state index in [0.717, 1.165) is 11.1 Å². The van der Waals surface area contributed by atoms with Crippen molar-refractivity contribution < 1.29 is 14.3 Å². The van der Waals surface area contributed by atoms with Gasteiger partial charge in [-0.25, -0.2) is 0 Å². The maximum atomic E-state index is 13.3. The topological polar surface area (TPSA) is 71.6 Å². The Morgan fingerprint density at radius 1 is 1.14 bits per heavy atom. The Hall–Kier alpha value is -2.77. The number of carbonyl (C=O) groups excluding carboxylic acids is 1. The standard InChI is InChI=1S/C21H22ClN3O3S/c1-11-5-6-13(22)9-16(11)24-20(26)18-12(2)23-21(29)25-19(18)15-10-14(27-3)7-8-17(15)28-4/h5-10,19H,1-4H3,(H,24,26)(H2,23,25,29). The smallest absolute Gasteiger partial charge is 0.255 e. The quantitative estimate of drug-likeness (QED) is 0.619. The first-order chi connectivity index (χ1) is 13.8. The Bertz CT molecular complexity index is 1010. The summed E-state index contributed by atoms with van der Waals surface area (Å²) in [5, 5.41) is 10.1. The summed E-state index contributed by atoms with van der Waals surface area (Å²) in [5.74, 6) is 0.991. The van der Waals surface area contributed by atoms with Gasteiger partial charge in [-0.2, -0.15) is 0 Å². The molecule has 0 bridgehead atoms. The first-order valence-electron chi connectivity index (χ1n) is 8.91. The van der Waals surface area contributed by atoms with Gasteiger partial charge in [0.1, 0.15) is 11.5 Å². The molecule has 1 aliphatic heterocycles. The maximum absolute atomic E-state index is 13.3. The van der Waals surface area contributed by atoms with Crippen LogP contribution in [0.4, 0.5) is 5.69 Å². The molecule has 1 amide bonds. The third kappa shape index (κ3) is 4.46. The van der Waals surface area contributed by atoms with Crippen molar-refractivity contribution in [3.05, 3.63) is 63.8 Å². The molecule has 0 saturated carbocycles. The number of allylic oxidation sites excluding steroid dienone is 1. The van der Waals surface area contributed by atoms with E-state index in [1.807, 2.05) is 26.0 Å². The van der Waals surface area contributed by atoms with Crippen molar-refractivity contribution in [1.29, 1.82) is 0 Å². The zero-order chi connectivity index (χ0) is 21.1. The van der Waals surface area contributed by atoms with E-state index in [2.05, 4.69) is 16.0 Å². The predicted molar refractivity (Wildman–Crippen MR) is 119 cm³/mol. The van der Waals surface area contributed by atoms with Crippen LogP contribution in [0.3, 0.4) is 0 Å². The van der Waals surface area contributed by atoms with Crippen LogP contribution in [0.25, 0.3) is 0 Å². The van der Waals surface area contributed by atoms with Gasteiger partial charge in [-0.3, -0.25) is 4.79 Å². The van der Waals surface area contributed by atoms with Crippen LogP contribution in [0.5, 0.6) is 11.5 Å². The SMILES string of the molecule is COc1ccc(OC)c(C2NC(=S)NC(C)=C2C(=O)Nc2cc(Cl)ccc2C)c1. The van der Waals surface area contributed by atoms with Gasteiger partial charge in [-0.1, -0.05) is 17.7 Å². The highest BCUT2D eigenvalue weighted by Gasteiger charge is 2.32. The van der Waals surface area contributed by atoms with Gasteiger partial charge in [-0.05, 0) is 62.0 Å². The lowest BCUT2D eigenvalue weighted by Gasteiger charge is -2.31. The molecule has 3 N–H and O–H groups in total. The molecule has 0 saturated heterocycles. The Labute approximate surface area is 180 Å². The first kappa shape index (κ1) is 21.0. The lowest BCUT2D eigenvalue weighted by atomic mass is 9.93. The largest absolute Gasteiger partial charge is 0.497 e. The second kappa shape index (κ2) is 8.71. The predicted octanol–water partition coefficient (Wildman–Crippen LogP) is 4.10. The Balaban J connectivity index is 2.05. The van der Waals surface area contributed by atoms with Crippen LogP contribution < -0.4 is 25.4 Å². The van der Waals surface area contributed by atoms with Crippen LogP contribution in [0.2, 0.25) is 5.02 Å². The molecule has 1 heterocycles. The second-order valence-electron chi connectivity index (χ2n) is 6.59. The zero-order valence-electron chi connectivity index (χ0n) is 16.6. The van der Waals surface area contributed by atoms with Crippen molar-refractivity contribution in [3.63, 3.8) is 0 Å². The van der Waals surface area contributed by atoms with Crippen LogP contribution >= 0.6 is 23.8 Å². The molecule has 0 aromatic heterocycles. The number of methoxy groups -OCH3 is 2. The third-order valence-electron chi connectivity index (χ3n) is 4.71. The van der Waals surface area contributed by atoms with E-state index < -0.39 is 6.04 Å². The third-order valence-corrected chi connectivity index (χ3v) is 5.16. The van der Waals surface area contributed by atoms with Gasteiger partial charge >= 0.3 is 0 Å². The van der Waals surface area contributed by atoms with Gasteiger partial charge in [-0.15, -0.1) is 0 Å². The van der Waals surface area contributed by atoms with Crippen molar-refractivity contribution in [2.45, 2.75) is 19.9 Å². The molecule has 1 aliphatic rings. The Morgan fingerprint density at radius 2 is 1.90 bits per heavy atom. The highest BCUT2D eigenvalue weighted by molar-refractivity contribution is 7.80. The van der Waals surface area contributed by atoms with E-state index >= 15 is 0 Å². The molecule has 29 heavy (non-hydrogen) atoms. The second-order valence-corrected chi connectivity index (χ2v) is 7.44. The van der Waals surface area contributed by atoms with Crippen molar-refractivity contribution in [2.75, 3.05) is 19.5 Å². The van der Waals surface area contributed by atoms with Crippen LogP contribution in [-0.2, 0) is 4.79 Å². The fraction of sp³-hybridized carbons (Fsp3) is 0.238. The molecule has 152 valence electrons. The molecule has 1 atom stereocenters. The molecule has 0 radical (unpaired) electrons. The van der Waals surface area contributed by atoms with Crippen molar-refractivity contribution >= 4 is 40.5 Å². The molecule has 6 nitrogen and oxygen atoms in total. The molecule has 3 rings (SSSR count). The summed E-state index contributed by atoms with van der Waals surface area (Å²) in [6.07, 6.45) is 0. The minimum atomic E-state index is -0.520. The van der Waals surface area contributed by atoms with Gasteiger partial charge in [0.2, 0.25) is 0 Å². The summed E-state index contributed by atoms with van der Waals surface area (Å²) in [6.45, 7) is 3.72. The number of hydrogen-bond acceptors (Lipinski definition) is 4. The van der Waals surface area contributed by atoms with Gasteiger partial charge in [0, 0.05) is 22.0 Å². The normalized spacial score (nSPS) is 16.0. The van der Waals surface area contributed by atoms with Gasteiger partial charge in [0.25, 0.3) is 5.91 Å². The lowest BCUT2D eigenvalue weighted by molar-refractivity contribution is -0.113. The number of halogens is 1. The van der Waals surface area contributed by atoms with E-state index in [9.17, 15) is 4.79 Å². The average Bonchev–Trinajstić information content (AvgIpc) is 2.69. The summed E-state index contributed by atoms with van der Waals surface area (Å²) in [7, 11) is 3.17. The Morgan fingerprint density at radius 3 is 2.59 bits per heavy atom. The van der Waals surface area contributed by atoms with E-state index in [-0.39, 0.29) is 5.91 Å². The molecule has 0 fully saturated rings. The van der Waals surface area contributed by atoms with Gasteiger partial charge in [0.05, 0.1) is 25.8 Å². The van der Waals surface area contributed by atoms with Crippen LogP contribution in [0.1, 0.15) is 24.1 Å². The summed E-state index contributed by atoms with van der Waals surface area (Å²) < 4.78 is 10.9. The number of amides is 1. The molecule has 0 spiro atoms. The van der Waals surface area contributed by atoms with Gasteiger partial charge in [0.15, 0.2) is 5.11 Å². The van der Waals surface area contributed by atoms with Gasteiger partial charge < -0.3 is 25.4 Å². The van der Waals surface area contributed by atoms with Crippen molar-refractivity contribution in [1.82, 2.24) is 10.6 Å². The van der Waals surface area contributed by atoms with Crippen molar-refractivity contribution in [3.8, 4) is 11.5 Å². The average molecular weight is 432 g/mol. The fourth-order valence-electron chi connectivity index (χ4n) is 3.21. The Kier molecular flexibility index (Phi) is 6.30. The molecule has 1 unspecified atom stereocenters. The molecule has 2 aromatic carbocycles. The van der Waals surface area contributed by atoms with E-state index in [1.54, 1.807) is 38.5 Å². The highest BCUT2D eigenvalue weighted by atomic mass is 35.5. The number of aryl methyl sites for hydroxylation is 1. The van der Waals surface area contributed by atoms with E-state index in [0.29, 0.717) is 38.6 Å². The minimum absolute atomic E-state index is 0.273. The number of carbonyl (C=O) groups is 1. The molecule has 8 heteroatoms. The number of thiocarbonyl (C=S) groups is 1. The lowest BCUT2D eigenvalue weighted by Crippen LogP contribution is -2.45. The van der Waals surface area contributed by atoms with E-state index in [1.165, 1.54) is 0 Å². The molecular weight excluding hydrogens is 410 g/mol. The first-order valence-corrected chi connectivity index (χ1v) is 9.70. The zero-order valence-corrected chi connectivity index (χ0v) is 18.1. The molecular formula is C21H22ClN3O3S. The number of anilines is 1.